The largest absolute Gasteiger partial charge is 0.505 e. The first kappa shape index (κ1) is 19.7. The van der Waals surface area contributed by atoms with Gasteiger partial charge in [0.2, 0.25) is 0 Å². The van der Waals surface area contributed by atoms with Crippen molar-refractivity contribution < 1.29 is 15.0 Å². The number of benzene rings is 1. The first-order chi connectivity index (χ1) is 12.8. The minimum atomic E-state index is -1.31. The molecule has 0 aromatic heterocycles. The Bertz CT molecular complexity index is 996. The van der Waals surface area contributed by atoms with Crippen LogP contribution in [0.2, 0.25) is 0 Å². The second-order valence-electron chi connectivity index (χ2n) is 5.75. The van der Waals surface area contributed by atoms with Crippen LogP contribution in [0, 0.1) is 0 Å². The fourth-order valence-corrected chi connectivity index (χ4v) is 2.66. The number of nitrogens with one attached hydrogen (secondary N) is 2. The molecule has 7 heteroatoms. The van der Waals surface area contributed by atoms with Crippen LogP contribution in [-0.4, -0.2) is 22.2 Å². The van der Waals surface area contributed by atoms with E-state index in [1.807, 2.05) is 6.92 Å². The molecule has 140 valence electrons. The number of rotatable bonds is 9. The molecule has 0 spiro atoms. The lowest BCUT2D eigenvalue weighted by atomic mass is 10.0. The maximum absolute atomic E-state index is 12.0. The van der Waals surface area contributed by atoms with Gasteiger partial charge in [0.15, 0.2) is 5.75 Å². The van der Waals surface area contributed by atoms with E-state index in [9.17, 15) is 19.5 Å². The van der Waals surface area contributed by atoms with Crippen LogP contribution in [0.25, 0.3) is 0 Å². The van der Waals surface area contributed by atoms with Crippen molar-refractivity contribution in [3.05, 3.63) is 81.2 Å². The van der Waals surface area contributed by atoms with Crippen LogP contribution in [0.15, 0.2) is 64.7 Å². The van der Waals surface area contributed by atoms with Gasteiger partial charge in [0.05, 0.1) is 11.7 Å². The summed E-state index contributed by atoms with van der Waals surface area (Å²) in [6, 6.07) is 3.78. The Morgan fingerprint density at radius 3 is 2.44 bits per heavy atom. The lowest BCUT2D eigenvalue weighted by Crippen LogP contribution is -2.39. The molecule has 1 atom stereocenters. The third kappa shape index (κ3) is 3.82. The normalized spacial score (nSPS) is 12.4. The monoisotopic (exact) mass is 368 g/mol. The number of carboxylic acid groups (broad SMARTS) is 1. The molecule has 0 saturated heterocycles. The summed E-state index contributed by atoms with van der Waals surface area (Å²) in [5, 5.41) is 24.8. The zero-order valence-corrected chi connectivity index (χ0v) is 14.8. The first-order valence-corrected chi connectivity index (χ1v) is 8.22. The van der Waals surface area contributed by atoms with E-state index >= 15 is 0 Å². The van der Waals surface area contributed by atoms with Crippen LogP contribution < -0.4 is 21.5 Å². The molecule has 2 rings (SSSR count). The Kier molecular flexibility index (Phi) is 5.97. The molecule has 0 radical (unpaired) electrons. The molecule has 0 heterocycles. The SMILES string of the molecule is C=C/C=C(\C=C)[C@@H](CC)Nc1c(Nc2cccc(C(=O)O)c2O)c(=O)c1=O. The number of phenols is 1. The van der Waals surface area contributed by atoms with Crippen molar-refractivity contribution >= 4 is 23.0 Å². The summed E-state index contributed by atoms with van der Waals surface area (Å²) in [7, 11) is 0. The van der Waals surface area contributed by atoms with Gasteiger partial charge in [-0.05, 0) is 24.1 Å². The number of anilines is 3. The molecular formula is C20H20N2O5. The summed E-state index contributed by atoms with van der Waals surface area (Å²) in [6.45, 7) is 9.27. The standard InChI is InChI=1S/C20H20N2O5/c1-4-8-11(5-2)13(6-3)21-15-16(19(25)18(15)24)22-14-10-7-9-12(17(14)23)20(26)27/h4-5,7-10,13,21-23H,1-2,6H2,3H3,(H,26,27)/b11-8+/t13-/m1/s1. The van der Waals surface area contributed by atoms with Crippen LogP contribution in [-0.2, 0) is 0 Å². The van der Waals surface area contributed by atoms with Gasteiger partial charge in [0.1, 0.15) is 16.9 Å². The van der Waals surface area contributed by atoms with E-state index in [1.165, 1.54) is 18.2 Å². The van der Waals surface area contributed by atoms with Crippen LogP contribution in [0.4, 0.5) is 17.1 Å². The summed E-state index contributed by atoms with van der Waals surface area (Å²) >= 11 is 0. The molecule has 7 nitrogen and oxygen atoms in total. The number of aromatic hydroxyl groups is 1. The summed E-state index contributed by atoms with van der Waals surface area (Å²) < 4.78 is 0. The van der Waals surface area contributed by atoms with E-state index in [1.54, 1.807) is 18.2 Å². The Morgan fingerprint density at radius 1 is 1.22 bits per heavy atom. The zero-order valence-electron chi connectivity index (χ0n) is 14.8. The highest BCUT2D eigenvalue weighted by molar-refractivity contribution is 5.94. The van der Waals surface area contributed by atoms with Crippen molar-refractivity contribution in [2.75, 3.05) is 10.6 Å². The zero-order chi connectivity index (χ0) is 20.1. The van der Waals surface area contributed by atoms with E-state index < -0.39 is 22.6 Å². The molecule has 2 aromatic carbocycles. The highest BCUT2D eigenvalue weighted by atomic mass is 16.4. The molecule has 27 heavy (non-hydrogen) atoms. The van der Waals surface area contributed by atoms with Crippen LogP contribution in [0.5, 0.6) is 5.75 Å². The molecule has 0 aliphatic carbocycles. The molecular weight excluding hydrogens is 348 g/mol. The van der Waals surface area contributed by atoms with E-state index in [0.717, 1.165) is 5.57 Å². The highest BCUT2D eigenvalue weighted by Crippen LogP contribution is 2.32. The maximum Gasteiger partial charge on any atom is 0.339 e. The van der Waals surface area contributed by atoms with E-state index in [4.69, 9.17) is 5.11 Å². The van der Waals surface area contributed by atoms with Gasteiger partial charge in [0.25, 0.3) is 10.9 Å². The number of hydrogen-bond acceptors (Lipinski definition) is 6. The third-order valence-corrected chi connectivity index (χ3v) is 4.11. The van der Waals surface area contributed by atoms with Gasteiger partial charge in [-0.15, -0.1) is 0 Å². The summed E-state index contributed by atoms with van der Waals surface area (Å²) in [5.74, 6) is -1.83. The summed E-state index contributed by atoms with van der Waals surface area (Å²) in [5.41, 5.74) is -0.900. The molecule has 0 fully saturated rings. The maximum atomic E-state index is 12.0. The van der Waals surface area contributed by atoms with Crippen molar-refractivity contribution in [1.29, 1.82) is 0 Å². The fourth-order valence-electron chi connectivity index (χ4n) is 2.66. The Morgan fingerprint density at radius 2 is 1.89 bits per heavy atom. The molecule has 0 bridgehead atoms. The van der Waals surface area contributed by atoms with Crippen LogP contribution >= 0.6 is 0 Å². The predicted molar refractivity (Wildman–Crippen MR) is 106 cm³/mol. The van der Waals surface area contributed by atoms with Crippen molar-refractivity contribution in [1.82, 2.24) is 0 Å². The Labute approximate surface area is 155 Å². The topological polar surface area (TPSA) is 116 Å². The van der Waals surface area contributed by atoms with Gasteiger partial charge in [-0.2, -0.15) is 0 Å². The molecule has 0 unspecified atom stereocenters. The van der Waals surface area contributed by atoms with Crippen molar-refractivity contribution in [3.63, 3.8) is 0 Å². The van der Waals surface area contributed by atoms with Crippen LogP contribution in [0.1, 0.15) is 23.7 Å². The van der Waals surface area contributed by atoms with Gasteiger partial charge < -0.3 is 20.8 Å². The van der Waals surface area contributed by atoms with Crippen LogP contribution in [0.3, 0.4) is 0 Å². The summed E-state index contributed by atoms with van der Waals surface area (Å²) in [6.07, 6.45) is 5.58. The number of allylic oxidation sites excluding steroid dienone is 2. The van der Waals surface area contributed by atoms with Crippen molar-refractivity contribution in [2.45, 2.75) is 19.4 Å². The van der Waals surface area contributed by atoms with Gasteiger partial charge in [0, 0.05) is 0 Å². The lowest BCUT2D eigenvalue weighted by Gasteiger charge is -2.22. The number of carbonyl (C=O) groups is 1. The molecule has 0 aliphatic heterocycles. The van der Waals surface area contributed by atoms with E-state index in [2.05, 4.69) is 23.8 Å². The Hall–Kier alpha value is -3.61. The average Bonchev–Trinajstić information content (AvgIpc) is 2.66. The minimum absolute atomic E-state index is 0.0173. The third-order valence-electron chi connectivity index (χ3n) is 4.11. The molecule has 0 amide bonds. The van der Waals surface area contributed by atoms with E-state index in [-0.39, 0.29) is 28.7 Å². The van der Waals surface area contributed by atoms with Crippen molar-refractivity contribution in [3.8, 4) is 5.75 Å². The first-order valence-electron chi connectivity index (χ1n) is 8.22. The quantitative estimate of drug-likeness (QED) is 0.305. The number of aromatic carboxylic acids is 1. The predicted octanol–water partition coefficient (Wildman–Crippen LogP) is 2.92. The smallest absolute Gasteiger partial charge is 0.339 e. The molecule has 4 N–H and O–H groups in total. The fraction of sp³-hybridized carbons (Fsp3) is 0.150. The minimum Gasteiger partial charge on any atom is -0.505 e. The lowest BCUT2D eigenvalue weighted by molar-refractivity contribution is 0.0694. The highest BCUT2D eigenvalue weighted by Gasteiger charge is 2.25. The number of hydrogen-bond donors (Lipinski definition) is 4. The Balaban J connectivity index is 2.38. The van der Waals surface area contributed by atoms with Gasteiger partial charge in [-0.3, -0.25) is 9.59 Å². The number of para-hydroxylation sites is 1. The average molecular weight is 368 g/mol. The molecule has 0 saturated carbocycles. The van der Waals surface area contributed by atoms with Gasteiger partial charge >= 0.3 is 5.97 Å². The van der Waals surface area contributed by atoms with Gasteiger partial charge in [-0.1, -0.05) is 44.4 Å². The van der Waals surface area contributed by atoms with Gasteiger partial charge in [-0.25, -0.2) is 4.79 Å². The second-order valence-corrected chi connectivity index (χ2v) is 5.75. The second kappa shape index (κ2) is 8.18. The van der Waals surface area contributed by atoms with E-state index in [0.29, 0.717) is 6.42 Å². The summed E-state index contributed by atoms with van der Waals surface area (Å²) in [4.78, 5) is 35.1. The molecule has 2 aromatic rings. The number of carboxylic acids is 1. The van der Waals surface area contributed by atoms with Crippen molar-refractivity contribution in [2.24, 2.45) is 0 Å². The molecule has 0 aliphatic rings.